The van der Waals surface area contributed by atoms with Gasteiger partial charge in [-0.15, -0.1) is 0 Å². The average Bonchev–Trinajstić information content (AvgIpc) is 2.65. The largest absolute Gasteiger partial charge is 0.497 e. The topological polar surface area (TPSA) is 47.6 Å². The van der Waals surface area contributed by atoms with Crippen LogP contribution in [0.2, 0.25) is 0 Å². The highest BCUT2D eigenvalue weighted by Gasteiger charge is 2.16. The molecule has 146 valence electrons. The van der Waals surface area contributed by atoms with Gasteiger partial charge in [-0.1, -0.05) is 45.9 Å². The van der Waals surface area contributed by atoms with Crippen molar-refractivity contribution in [2.45, 2.75) is 52.4 Å². The fourth-order valence-electron chi connectivity index (χ4n) is 3.17. The number of hydrogen-bond donors (Lipinski definition) is 1. The second kappa shape index (κ2) is 9.45. The second-order valence-electron chi connectivity index (χ2n) is 7.39. The zero-order valence-corrected chi connectivity index (χ0v) is 17.3. The van der Waals surface area contributed by atoms with Crippen LogP contribution in [0.1, 0.15) is 62.6 Å². The minimum atomic E-state index is 0.0202. The molecule has 0 aromatic heterocycles. The molecule has 1 N–H and O–H groups in total. The normalized spacial score (nSPS) is 11.0. The van der Waals surface area contributed by atoms with Gasteiger partial charge < -0.3 is 14.8 Å². The van der Waals surface area contributed by atoms with Crippen molar-refractivity contribution in [3.05, 3.63) is 53.1 Å². The molecule has 2 aromatic carbocycles. The molecule has 0 heterocycles. The van der Waals surface area contributed by atoms with Gasteiger partial charge in [-0.25, -0.2) is 0 Å². The smallest absolute Gasteiger partial charge is 0.224 e. The molecule has 0 unspecified atom stereocenters. The molecule has 0 saturated carbocycles. The Morgan fingerprint density at radius 2 is 1.44 bits per heavy atom. The van der Waals surface area contributed by atoms with Crippen LogP contribution in [-0.4, -0.2) is 20.1 Å². The Labute approximate surface area is 162 Å². The molecular weight excluding hydrogens is 338 g/mol. The number of benzene rings is 2. The van der Waals surface area contributed by atoms with Crippen molar-refractivity contribution in [3.8, 4) is 11.5 Å². The number of anilines is 1. The van der Waals surface area contributed by atoms with E-state index < -0.39 is 0 Å². The number of hydrogen-bond acceptors (Lipinski definition) is 3. The Morgan fingerprint density at radius 1 is 0.926 bits per heavy atom. The van der Waals surface area contributed by atoms with E-state index in [-0.39, 0.29) is 5.91 Å². The predicted octanol–water partition coefficient (Wildman–Crippen LogP) is 5.52. The molecule has 1 amide bonds. The summed E-state index contributed by atoms with van der Waals surface area (Å²) in [7, 11) is 3.25. The van der Waals surface area contributed by atoms with Crippen LogP contribution in [0.25, 0.3) is 0 Å². The van der Waals surface area contributed by atoms with Crippen LogP contribution in [0.3, 0.4) is 0 Å². The number of methoxy groups -OCH3 is 2. The molecular formula is C23H31NO3. The molecule has 0 aliphatic heterocycles. The summed E-state index contributed by atoms with van der Waals surface area (Å²) in [6.45, 7) is 8.60. The molecule has 0 aliphatic rings. The summed E-state index contributed by atoms with van der Waals surface area (Å²) >= 11 is 0. The first-order valence-corrected chi connectivity index (χ1v) is 9.50. The minimum Gasteiger partial charge on any atom is -0.497 e. The van der Waals surface area contributed by atoms with Crippen LogP contribution in [0.15, 0.2) is 36.4 Å². The number of carbonyl (C=O) groups excluding carboxylic acids is 1. The summed E-state index contributed by atoms with van der Waals surface area (Å²) in [4.78, 5) is 12.7. The third-order valence-corrected chi connectivity index (χ3v) is 4.69. The van der Waals surface area contributed by atoms with Gasteiger partial charge in [0.2, 0.25) is 5.91 Å². The Balaban J connectivity index is 2.15. The number of amides is 1. The maximum Gasteiger partial charge on any atom is 0.224 e. The Bertz CT molecular complexity index is 733. The van der Waals surface area contributed by atoms with E-state index in [4.69, 9.17) is 9.47 Å². The summed E-state index contributed by atoms with van der Waals surface area (Å²) in [5, 5.41) is 3.17. The van der Waals surface area contributed by atoms with E-state index in [1.54, 1.807) is 14.2 Å². The standard InChI is InChI=1S/C23H31NO3/c1-15(2)20-8-7-9-21(16(3)4)23(20)24-22(25)11-10-17-12-18(26-5)14-19(13-17)27-6/h7-9,12-16H,10-11H2,1-6H3,(H,24,25). The predicted molar refractivity (Wildman–Crippen MR) is 111 cm³/mol. The SMILES string of the molecule is COc1cc(CCC(=O)Nc2c(C(C)C)cccc2C(C)C)cc(OC)c1. The van der Waals surface area contributed by atoms with Crippen molar-refractivity contribution in [1.82, 2.24) is 0 Å². The van der Waals surface area contributed by atoms with Crippen molar-refractivity contribution < 1.29 is 14.3 Å². The van der Waals surface area contributed by atoms with Gasteiger partial charge in [0, 0.05) is 18.2 Å². The molecule has 2 rings (SSSR count). The third kappa shape index (κ3) is 5.49. The van der Waals surface area contributed by atoms with Gasteiger partial charge >= 0.3 is 0 Å². The molecule has 0 bridgehead atoms. The first kappa shape index (κ1) is 20.8. The van der Waals surface area contributed by atoms with Crippen LogP contribution >= 0.6 is 0 Å². The molecule has 2 aromatic rings. The molecule has 0 atom stereocenters. The highest BCUT2D eigenvalue weighted by atomic mass is 16.5. The second-order valence-corrected chi connectivity index (χ2v) is 7.39. The van der Waals surface area contributed by atoms with Gasteiger partial charge in [-0.3, -0.25) is 4.79 Å². The zero-order valence-electron chi connectivity index (χ0n) is 17.3. The van der Waals surface area contributed by atoms with E-state index in [0.29, 0.717) is 24.7 Å². The number of nitrogens with one attached hydrogen (secondary N) is 1. The van der Waals surface area contributed by atoms with E-state index >= 15 is 0 Å². The lowest BCUT2D eigenvalue weighted by molar-refractivity contribution is -0.116. The molecule has 0 aliphatic carbocycles. The summed E-state index contributed by atoms with van der Waals surface area (Å²) < 4.78 is 10.6. The van der Waals surface area contributed by atoms with Crippen molar-refractivity contribution in [2.24, 2.45) is 0 Å². The van der Waals surface area contributed by atoms with Gasteiger partial charge in [-0.05, 0) is 47.1 Å². The Kier molecular flexibility index (Phi) is 7.28. The monoisotopic (exact) mass is 369 g/mol. The van der Waals surface area contributed by atoms with Crippen LogP contribution in [0.4, 0.5) is 5.69 Å². The maximum atomic E-state index is 12.7. The molecule has 0 fully saturated rings. The van der Waals surface area contributed by atoms with E-state index in [9.17, 15) is 4.79 Å². The van der Waals surface area contributed by atoms with E-state index in [2.05, 4.69) is 51.2 Å². The van der Waals surface area contributed by atoms with Crippen molar-refractivity contribution in [2.75, 3.05) is 19.5 Å². The van der Waals surface area contributed by atoms with E-state index in [1.807, 2.05) is 18.2 Å². The van der Waals surface area contributed by atoms with Gasteiger partial charge in [-0.2, -0.15) is 0 Å². The van der Waals surface area contributed by atoms with Crippen LogP contribution < -0.4 is 14.8 Å². The van der Waals surface area contributed by atoms with Crippen molar-refractivity contribution in [3.63, 3.8) is 0 Å². The lowest BCUT2D eigenvalue weighted by Gasteiger charge is -2.20. The summed E-state index contributed by atoms with van der Waals surface area (Å²) in [6, 6.07) is 12.0. The Morgan fingerprint density at radius 3 is 1.89 bits per heavy atom. The molecule has 27 heavy (non-hydrogen) atoms. The van der Waals surface area contributed by atoms with Gasteiger partial charge in [0.05, 0.1) is 14.2 Å². The number of ether oxygens (including phenoxy) is 2. The number of carbonyl (C=O) groups is 1. The van der Waals surface area contributed by atoms with E-state index in [0.717, 1.165) is 22.7 Å². The molecule has 4 heteroatoms. The van der Waals surface area contributed by atoms with Crippen molar-refractivity contribution >= 4 is 11.6 Å². The highest BCUT2D eigenvalue weighted by molar-refractivity contribution is 5.92. The summed E-state index contributed by atoms with van der Waals surface area (Å²) in [6.07, 6.45) is 1.03. The summed E-state index contributed by atoms with van der Waals surface area (Å²) in [5.41, 5.74) is 4.34. The van der Waals surface area contributed by atoms with Gasteiger partial charge in [0.15, 0.2) is 0 Å². The average molecular weight is 370 g/mol. The Hall–Kier alpha value is -2.49. The van der Waals surface area contributed by atoms with Gasteiger partial charge in [0.1, 0.15) is 11.5 Å². The zero-order chi connectivity index (χ0) is 20.0. The lowest BCUT2D eigenvalue weighted by Crippen LogP contribution is -2.16. The van der Waals surface area contributed by atoms with Crippen molar-refractivity contribution in [1.29, 1.82) is 0 Å². The third-order valence-electron chi connectivity index (χ3n) is 4.69. The summed E-state index contributed by atoms with van der Waals surface area (Å²) in [5.74, 6) is 2.18. The first-order valence-electron chi connectivity index (χ1n) is 9.50. The maximum absolute atomic E-state index is 12.7. The molecule has 0 saturated heterocycles. The van der Waals surface area contributed by atoms with E-state index in [1.165, 1.54) is 11.1 Å². The minimum absolute atomic E-state index is 0.0202. The molecule has 4 nitrogen and oxygen atoms in total. The number of rotatable bonds is 8. The lowest BCUT2D eigenvalue weighted by atomic mass is 9.92. The fraction of sp³-hybridized carbons (Fsp3) is 0.435. The van der Waals surface area contributed by atoms with Crippen LogP contribution in [0, 0.1) is 0 Å². The van der Waals surface area contributed by atoms with Crippen LogP contribution in [0.5, 0.6) is 11.5 Å². The van der Waals surface area contributed by atoms with Gasteiger partial charge in [0.25, 0.3) is 0 Å². The molecule has 0 radical (unpaired) electrons. The quantitative estimate of drug-likeness (QED) is 0.666. The highest BCUT2D eigenvalue weighted by Crippen LogP contribution is 2.32. The van der Waals surface area contributed by atoms with Crippen LogP contribution in [-0.2, 0) is 11.2 Å². The first-order chi connectivity index (χ1) is 12.8. The number of para-hydroxylation sites is 1. The fourth-order valence-corrected chi connectivity index (χ4v) is 3.17. The molecule has 0 spiro atoms. The number of aryl methyl sites for hydroxylation is 1.